The van der Waals surface area contributed by atoms with E-state index in [9.17, 15) is 9.90 Å². The number of nitrogens with zero attached hydrogens (tertiary/aromatic N) is 2. The van der Waals surface area contributed by atoms with E-state index in [0.29, 0.717) is 22.5 Å². The highest BCUT2D eigenvalue weighted by Crippen LogP contribution is 2.31. The molecule has 0 spiro atoms. The lowest BCUT2D eigenvalue weighted by Crippen LogP contribution is -2.38. The molecular formula is C23H19N3O3. The van der Waals surface area contributed by atoms with E-state index in [-0.39, 0.29) is 12.4 Å². The number of rotatable bonds is 5. The van der Waals surface area contributed by atoms with Crippen molar-refractivity contribution in [2.24, 2.45) is 0 Å². The second-order valence-electron chi connectivity index (χ2n) is 6.56. The molecule has 0 aliphatic heterocycles. The molecule has 1 heterocycles. The van der Waals surface area contributed by atoms with Crippen molar-refractivity contribution in [2.75, 3.05) is 5.73 Å². The largest absolute Gasteiger partial charge is 0.455 e. The van der Waals surface area contributed by atoms with Gasteiger partial charge in [-0.25, -0.2) is 14.8 Å². The first-order valence-corrected chi connectivity index (χ1v) is 9.11. The molecule has 0 radical (unpaired) electrons. The van der Waals surface area contributed by atoms with Crippen molar-refractivity contribution in [1.82, 2.24) is 9.97 Å². The predicted octanol–water partition coefficient (Wildman–Crippen LogP) is 3.19. The first kappa shape index (κ1) is 18.6. The van der Waals surface area contributed by atoms with Gasteiger partial charge >= 0.3 is 5.97 Å². The van der Waals surface area contributed by atoms with Gasteiger partial charge in [-0.05, 0) is 23.3 Å². The lowest BCUT2D eigenvalue weighted by atomic mass is 9.86. The molecule has 4 aromatic rings. The van der Waals surface area contributed by atoms with Crippen molar-refractivity contribution in [3.05, 3.63) is 102 Å². The molecule has 0 saturated carbocycles. The van der Waals surface area contributed by atoms with E-state index in [1.54, 1.807) is 48.5 Å². The summed E-state index contributed by atoms with van der Waals surface area (Å²) in [5.41, 5.74) is 5.52. The van der Waals surface area contributed by atoms with Crippen molar-refractivity contribution >= 4 is 22.7 Å². The van der Waals surface area contributed by atoms with Crippen molar-refractivity contribution < 1.29 is 14.6 Å². The Kier molecular flexibility index (Phi) is 4.93. The molecule has 29 heavy (non-hydrogen) atoms. The van der Waals surface area contributed by atoms with E-state index in [1.807, 2.05) is 36.4 Å². The highest BCUT2D eigenvalue weighted by atomic mass is 16.5. The van der Waals surface area contributed by atoms with Gasteiger partial charge in [0.2, 0.25) is 5.60 Å². The third kappa shape index (κ3) is 3.53. The number of nitrogen functional groups attached to an aromatic ring is 1. The minimum atomic E-state index is -1.95. The topological polar surface area (TPSA) is 98.3 Å². The summed E-state index contributed by atoms with van der Waals surface area (Å²) in [5, 5.41) is 12.1. The normalized spacial score (nSPS) is 11.3. The monoisotopic (exact) mass is 385 g/mol. The number of aliphatic hydroxyl groups is 1. The number of benzene rings is 3. The van der Waals surface area contributed by atoms with Crippen LogP contribution >= 0.6 is 0 Å². The minimum Gasteiger partial charge on any atom is -0.455 e. The highest BCUT2D eigenvalue weighted by molar-refractivity contribution is 5.88. The van der Waals surface area contributed by atoms with Crippen molar-refractivity contribution in [2.45, 2.75) is 12.2 Å². The maximum atomic E-state index is 13.0. The zero-order chi connectivity index (χ0) is 20.3. The number of carbonyl (C=O) groups excluding carboxylic acids is 1. The summed E-state index contributed by atoms with van der Waals surface area (Å²) >= 11 is 0. The van der Waals surface area contributed by atoms with Crippen LogP contribution in [0.3, 0.4) is 0 Å². The second-order valence-corrected chi connectivity index (χ2v) is 6.56. The van der Waals surface area contributed by atoms with Gasteiger partial charge in [-0.1, -0.05) is 72.8 Å². The molecule has 0 atom stereocenters. The molecule has 0 unspecified atom stereocenters. The molecule has 0 amide bonds. The van der Waals surface area contributed by atoms with Gasteiger partial charge in [0.25, 0.3) is 0 Å². The van der Waals surface area contributed by atoms with E-state index in [0.717, 1.165) is 5.39 Å². The Hall–Kier alpha value is -3.77. The SMILES string of the molecule is Nc1nc(COC(=O)C(O)(c2ccccc2)c2ccccc2)nc2ccccc12. The highest BCUT2D eigenvalue weighted by Gasteiger charge is 2.41. The molecular weight excluding hydrogens is 366 g/mol. The second kappa shape index (κ2) is 7.69. The van der Waals surface area contributed by atoms with Crippen LogP contribution in [0.4, 0.5) is 5.82 Å². The Labute approximate surface area is 167 Å². The molecule has 3 N–H and O–H groups in total. The van der Waals surface area contributed by atoms with E-state index < -0.39 is 11.6 Å². The Bertz CT molecular complexity index is 1110. The average molecular weight is 385 g/mol. The van der Waals surface area contributed by atoms with Gasteiger partial charge in [0.1, 0.15) is 5.82 Å². The molecule has 3 aromatic carbocycles. The van der Waals surface area contributed by atoms with E-state index in [1.165, 1.54) is 0 Å². The fourth-order valence-electron chi connectivity index (χ4n) is 3.21. The van der Waals surface area contributed by atoms with Gasteiger partial charge < -0.3 is 15.6 Å². The number of anilines is 1. The van der Waals surface area contributed by atoms with E-state index in [4.69, 9.17) is 10.5 Å². The molecule has 4 rings (SSSR count). The summed E-state index contributed by atoms with van der Waals surface area (Å²) in [6.45, 7) is -0.212. The molecule has 0 aliphatic carbocycles. The Morgan fingerprint density at radius 1 is 0.862 bits per heavy atom. The van der Waals surface area contributed by atoms with Gasteiger partial charge in [0.05, 0.1) is 5.52 Å². The number of para-hydroxylation sites is 1. The molecule has 0 fully saturated rings. The Balaban J connectivity index is 1.64. The minimum absolute atomic E-state index is 0.212. The van der Waals surface area contributed by atoms with Gasteiger partial charge in [0.15, 0.2) is 12.4 Å². The zero-order valence-electron chi connectivity index (χ0n) is 15.5. The fourth-order valence-corrected chi connectivity index (χ4v) is 3.21. The van der Waals surface area contributed by atoms with Crippen LogP contribution in [0.5, 0.6) is 0 Å². The summed E-state index contributed by atoms with van der Waals surface area (Å²) in [6, 6.07) is 24.7. The third-order valence-electron chi connectivity index (χ3n) is 4.69. The number of hydrogen-bond acceptors (Lipinski definition) is 6. The first-order valence-electron chi connectivity index (χ1n) is 9.11. The van der Waals surface area contributed by atoms with E-state index in [2.05, 4.69) is 9.97 Å². The molecule has 6 heteroatoms. The smallest absolute Gasteiger partial charge is 0.348 e. The quantitative estimate of drug-likeness (QED) is 0.512. The zero-order valence-corrected chi connectivity index (χ0v) is 15.5. The molecule has 6 nitrogen and oxygen atoms in total. The molecule has 144 valence electrons. The summed E-state index contributed by atoms with van der Waals surface area (Å²) in [6.07, 6.45) is 0. The maximum absolute atomic E-state index is 13.0. The summed E-state index contributed by atoms with van der Waals surface area (Å²) in [5.74, 6) is -0.244. The van der Waals surface area contributed by atoms with Crippen molar-refractivity contribution in [1.29, 1.82) is 0 Å². The maximum Gasteiger partial charge on any atom is 0.348 e. The van der Waals surface area contributed by atoms with Crippen LogP contribution in [0.15, 0.2) is 84.9 Å². The molecule has 0 bridgehead atoms. The number of nitrogens with two attached hydrogens (primary N) is 1. The van der Waals surface area contributed by atoms with Crippen LogP contribution in [0, 0.1) is 0 Å². The standard InChI is InChI=1S/C23H19N3O3/c24-21-18-13-7-8-14-19(18)25-20(26-21)15-29-22(27)23(28,16-9-3-1-4-10-16)17-11-5-2-6-12-17/h1-14,28H,15H2,(H2,24,25,26). The summed E-state index contributed by atoms with van der Waals surface area (Å²) < 4.78 is 5.44. The average Bonchev–Trinajstić information content (AvgIpc) is 2.78. The van der Waals surface area contributed by atoms with Gasteiger partial charge in [-0.15, -0.1) is 0 Å². The Morgan fingerprint density at radius 3 is 2.03 bits per heavy atom. The van der Waals surface area contributed by atoms with Crippen LogP contribution in [0.1, 0.15) is 17.0 Å². The number of hydrogen-bond donors (Lipinski definition) is 2. The number of esters is 1. The lowest BCUT2D eigenvalue weighted by molar-refractivity contribution is -0.163. The number of aromatic nitrogens is 2. The van der Waals surface area contributed by atoms with Gasteiger partial charge in [-0.2, -0.15) is 0 Å². The van der Waals surface area contributed by atoms with Gasteiger partial charge in [0, 0.05) is 5.39 Å². The van der Waals surface area contributed by atoms with Crippen molar-refractivity contribution in [3.63, 3.8) is 0 Å². The number of carbonyl (C=O) groups is 1. The van der Waals surface area contributed by atoms with Crippen LogP contribution < -0.4 is 5.73 Å². The van der Waals surface area contributed by atoms with E-state index >= 15 is 0 Å². The van der Waals surface area contributed by atoms with Crippen LogP contribution in [0.2, 0.25) is 0 Å². The fraction of sp³-hybridized carbons (Fsp3) is 0.0870. The van der Waals surface area contributed by atoms with Crippen molar-refractivity contribution in [3.8, 4) is 0 Å². The van der Waals surface area contributed by atoms with Crippen LogP contribution in [0.25, 0.3) is 10.9 Å². The molecule has 1 aromatic heterocycles. The van der Waals surface area contributed by atoms with Crippen LogP contribution in [-0.4, -0.2) is 21.0 Å². The summed E-state index contributed by atoms with van der Waals surface area (Å²) in [7, 11) is 0. The molecule has 0 saturated heterocycles. The van der Waals surface area contributed by atoms with Gasteiger partial charge in [-0.3, -0.25) is 0 Å². The summed E-state index contributed by atoms with van der Waals surface area (Å²) in [4.78, 5) is 21.6. The first-order chi connectivity index (χ1) is 14.1. The Morgan fingerprint density at radius 2 is 1.41 bits per heavy atom. The predicted molar refractivity (Wildman–Crippen MR) is 110 cm³/mol. The lowest BCUT2D eigenvalue weighted by Gasteiger charge is -2.27. The number of ether oxygens (including phenoxy) is 1. The third-order valence-corrected chi connectivity index (χ3v) is 4.69. The molecule has 0 aliphatic rings. The number of fused-ring (bicyclic) bond motifs is 1. The van der Waals surface area contributed by atoms with Crippen LogP contribution in [-0.2, 0) is 21.7 Å².